The van der Waals surface area contributed by atoms with Gasteiger partial charge in [0.05, 0.1) is 0 Å². The van der Waals surface area contributed by atoms with Crippen molar-refractivity contribution in [2.75, 3.05) is 39.4 Å². The first kappa shape index (κ1) is 20.5. The second kappa shape index (κ2) is 9.24. The molecule has 0 unspecified atom stereocenters. The molecule has 2 aliphatic heterocycles. The fourth-order valence-corrected chi connectivity index (χ4v) is 4.35. The molecule has 2 fully saturated rings. The lowest BCUT2D eigenvalue weighted by Crippen LogP contribution is -2.47. The van der Waals surface area contributed by atoms with Crippen molar-refractivity contribution < 1.29 is 4.74 Å². The van der Waals surface area contributed by atoms with Gasteiger partial charge in [-0.2, -0.15) is 0 Å². The van der Waals surface area contributed by atoms with Crippen LogP contribution in [0, 0.1) is 5.92 Å². The number of piperazine rings is 1. The number of benzene rings is 1. The number of rotatable bonds is 3. The Kier molecular flexibility index (Phi) is 7.59. The molecule has 2 saturated heterocycles. The van der Waals surface area contributed by atoms with E-state index in [-0.39, 0.29) is 24.8 Å². The zero-order valence-corrected chi connectivity index (χ0v) is 16.5. The van der Waals surface area contributed by atoms with Crippen LogP contribution in [-0.2, 0) is 11.8 Å². The molecule has 2 aliphatic rings. The number of ether oxygens (including phenoxy) is 1. The molecule has 0 bridgehead atoms. The topological polar surface area (TPSA) is 29.4 Å². The van der Waals surface area contributed by atoms with Gasteiger partial charge in [0.15, 0.2) is 0 Å². The minimum absolute atomic E-state index is 0. The lowest BCUT2D eigenvalue weighted by atomic mass is 9.85. The van der Waals surface area contributed by atoms with Crippen LogP contribution in [0.2, 0.25) is 0 Å². The maximum Gasteiger partial charge on any atom is 0.0481 e. The quantitative estimate of drug-likeness (QED) is 0.877. The minimum Gasteiger partial charge on any atom is -0.381 e. The summed E-state index contributed by atoms with van der Waals surface area (Å²) in [5, 5.41) is 4.92. The van der Waals surface area contributed by atoms with E-state index in [1.54, 1.807) is 0 Å². The van der Waals surface area contributed by atoms with Crippen LogP contribution in [0.5, 0.6) is 0 Å². The van der Waals surface area contributed by atoms with Gasteiger partial charge in [0.25, 0.3) is 0 Å². The van der Waals surface area contributed by atoms with Crippen LogP contribution in [0.15, 0.2) is 30.5 Å². The first-order chi connectivity index (χ1) is 11.3. The van der Waals surface area contributed by atoms with Gasteiger partial charge in [-0.15, -0.1) is 24.8 Å². The molecule has 3 heterocycles. The molecule has 25 heavy (non-hydrogen) atoms. The maximum atomic E-state index is 5.63. The van der Waals surface area contributed by atoms with Crippen LogP contribution in [0.4, 0.5) is 0 Å². The van der Waals surface area contributed by atoms with Gasteiger partial charge in [0.2, 0.25) is 0 Å². The third-order valence-corrected chi connectivity index (χ3v) is 5.50. The van der Waals surface area contributed by atoms with E-state index in [1.807, 2.05) is 0 Å². The molecule has 4 rings (SSSR count). The fourth-order valence-electron chi connectivity index (χ4n) is 4.35. The number of fused-ring (bicyclic) bond motifs is 1. The molecule has 140 valence electrons. The van der Waals surface area contributed by atoms with Crippen LogP contribution in [0.1, 0.15) is 24.4 Å². The first-order valence-corrected chi connectivity index (χ1v) is 8.91. The van der Waals surface area contributed by atoms with Crippen molar-refractivity contribution in [2.45, 2.75) is 18.9 Å². The summed E-state index contributed by atoms with van der Waals surface area (Å²) in [5.74, 6) is 0.702. The predicted molar refractivity (Wildman–Crippen MR) is 108 cm³/mol. The molecular formula is C19H29Cl2N3O. The molecule has 0 saturated carbocycles. The Morgan fingerprint density at radius 1 is 1.08 bits per heavy atom. The van der Waals surface area contributed by atoms with E-state index in [0.29, 0.717) is 12.0 Å². The summed E-state index contributed by atoms with van der Waals surface area (Å²) in [4.78, 5) is 2.70. The number of nitrogens with zero attached hydrogens (tertiary/aromatic N) is 2. The highest BCUT2D eigenvalue weighted by Crippen LogP contribution is 2.39. The molecule has 1 atom stereocenters. The lowest BCUT2D eigenvalue weighted by molar-refractivity contribution is 0.0217. The summed E-state index contributed by atoms with van der Waals surface area (Å²) >= 11 is 0. The lowest BCUT2D eigenvalue weighted by Gasteiger charge is -2.41. The summed E-state index contributed by atoms with van der Waals surface area (Å²) < 4.78 is 7.92. The van der Waals surface area contributed by atoms with E-state index in [1.165, 1.54) is 29.3 Å². The predicted octanol–water partition coefficient (Wildman–Crippen LogP) is 3.39. The third kappa shape index (κ3) is 4.15. The van der Waals surface area contributed by atoms with Gasteiger partial charge in [0.1, 0.15) is 0 Å². The van der Waals surface area contributed by atoms with Crippen LogP contribution in [-0.4, -0.2) is 48.9 Å². The van der Waals surface area contributed by atoms with Gasteiger partial charge in [0, 0.05) is 69.6 Å². The van der Waals surface area contributed by atoms with Crippen molar-refractivity contribution in [1.29, 1.82) is 0 Å². The molecule has 0 spiro atoms. The number of hydrogen-bond donors (Lipinski definition) is 1. The van der Waals surface area contributed by atoms with Gasteiger partial charge >= 0.3 is 0 Å². The highest BCUT2D eigenvalue weighted by Gasteiger charge is 2.33. The largest absolute Gasteiger partial charge is 0.381 e. The highest BCUT2D eigenvalue weighted by atomic mass is 35.5. The van der Waals surface area contributed by atoms with Crippen LogP contribution < -0.4 is 5.32 Å². The van der Waals surface area contributed by atoms with Crippen molar-refractivity contribution in [3.05, 3.63) is 36.0 Å². The molecule has 0 aliphatic carbocycles. The number of halogens is 2. The number of para-hydroxylation sites is 1. The second-order valence-electron chi connectivity index (χ2n) is 6.89. The third-order valence-electron chi connectivity index (χ3n) is 5.50. The van der Waals surface area contributed by atoms with Crippen molar-refractivity contribution >= 4 is 35.7 Å². The fraction of sp³-hybridized carbons (Fsp3) is 0.579. The second-order valence-corrected chi connectivity index (χ2v) is 6.89. The van der Waals surface area contributed by atoms with E-state index in [9.17, 15) is 0 Å². The van der Waals surface area contributed by atoms with E-state index < -0.39 is 0 Å². The van der Waals surface area contributed by atoms with Gasteiger partial charge in [-0.05, 0) is 30.4 Å². The Balaban J connectivity index is 0.00000113. The standard InChI is InChI=1S/C19H27N3O.2ClH/c1-21-14-17(16-4-2-3-5-18(16)21)19(15-6-12-23-13-7-15)22-10-8-20-9-11-22;;/h2-5,14-15,19-20H,6-13H2,1H3;2*1H/t19-;;/m0../s1. The number of aryl methyl sites for hydroxylation is 1. The number of nitrogens with one attached hydrogen (secondary N) is 1. The van der Waals surface area contributed by atoms with Gasteiger partial charge in [-0.3, -0.25) is 4.90 Å². The molecule has 0 radical (unpaired) electrons. The van der Waals surface area contributed by atoms with Crippen LogP contribution in [0.25, 0.3) is 10.9 Å². The zero-order valence-electron chi connectivity index (χ0n) is 14.8. The normalized spacial score (nSPS) is 20.7. The average Bonchev–Trinajstić information content (AvgIpc) is 2.94. The molecule has 1 aromatic carbocycles. The Morgan fingerprint density at radius 3 is 2.48 bits per heavy atom. The minimum atomic E-state index is 0. The van der Waals surface area contributed by atoms with Crippen molar-refractivity contribution in [3.63, 3.8) is 0 Å². The van der Waals surface area contributed by atoms with Crippen LogP contribution >= 0.6 is 24.8 Å². The molecule has 0 amide bonds. The Morgan fingerprint density at radius 2 is 1.76 bits per heavy atom. The summed E-state index contributed by atoms with van der Waals surface area (Å²) in [7, 11) is 2.17. The van der Waals surface area contributed by atoms with E-state index in [0.717, 1.165) is 39.4 Å². The monoisotopic (exact) mass is 385 g/mol. The van der Waals surface area contributed by atoms with Gasteiger partial charge in [-0.25, -0.2) is 0 Å². The van der Waals surface area contributed by atoms with E-state index in [2.05, 4.69) is 52.3 Å². The van der Waals surface area contributed by atoms with Crippen LogP contribution in [0.3, 0.4) is 0 Å². The Bertz CT molecular complexity index is 646. The van der Waals surface area contributed by atoms with E-state index >= 15 is 0 Å². The molecule has 2 aromatic rings. The average molecular weight is 386 g/mol. The van der Waals surface area contributed by atoms with Gasteiger partial charge in [-0.1, -0.05) is 18.2 Å². The summed E-state index contributed by atoms with van der Waals surface area (Å²) in [6, 6.07) is 9.36. The van der Waals surface area contributed by atoms with Crippen molar-refractivity contribution in [2.24, 2.45) is 13.0 Å². The maximum absolute atomic E-state index is 5.63. The summed E-state index contributed by atoms with van der Waals surface area (Å²) in [6.07, 6.45) is 4.72. The smallest absolute Gasteiger partial charge is 0.0481 e. The number of hydrogen-bond acceptors (Lipinski definition) is 3. The molecule has 6 heteroatoms. The zero-order chi connectivity index (χ0) is 15.6. The Labute approximate surface area is 162 Å². The highest BCUT2D eigenvalue weighted by molar-refractivity contribution is 5.86. The summed E-state index contributed by atoms with van der Waals surface area (Å²) in [5.41, 5.74) is 2.85. The van der Waals surface area contributed by atoms with Gasteiger partial charge < -0.3 is 14.6 Å². The SMILES string of the molecule is Cl.Cl.Cn1cc([C@H](C2CCOCC2)N2CCNCC2)c2ccccc21. The molecule has 4 nitrogen and oxygen atoms in total. The molecule has 1 N–H and O–H groups in total. The Hall–Kier alpha value is -0.780. The van der Waals surface area contributed by atoms with Crippen molar-refractivity contribution in [1.82, 2.24) is 14.8 Å². The van der Waals surface area contributed by atoms with Crippen molar-refractivity contribution in [3.8, 4) is 0 Å². The molecule has 1 aromatic heterocycles. The first-order valence-electron chi connectivity index (χ1n) is 8.91. The van der Waals surface area contributed by atoms with E-state index in [4.69, 9.17) is 4.74 Å². The number of aromatic nitrogens is 1. The summed E-state index contributed by atoms with van der Waals surface area (Å²) in [6.45, 7) is 6.32. The molecular weight excluding hydrogens is 357 g/mol.